The minimum Gasteiger partial charge on any atom is -0.466 e. The molecule has 1 aliphatic heterocycles. The molecule has 2 aromatic rings. The summed E-state index contributed by atoms with van der Waals surface area (Å²) < 4.78 is 7.01. The number of ether oxygens (including phenoxy) is 1. The lowest BCUT2D eigenvalue weighted by molar-refractivity contribution is -0.164. The first kappa shape index (κ1) is 16.1. The number of hydrogen-bond acceptors (Lipinski definition) is 5. The number of aromatic nitrogens is 2. The smallest absolute Gasteiger partial charge is 0.353 e. The normalized spacial score (nSPS) is 23.7. The van der Waals surface area contributed by atoms with Crippen molar-refractivity contribution in [3.05, 3.63) is 29.5 Å². The molecule has 0 amide bonds. The summed E-state index contributed by atoms with van der Waals surface area (Å²) in [7, 11) is 1.37. The van der Waals surface area contributed by atoms with Crippen LogP contribution in [0, 0.1) is 6.92 Å². The Labute approximate surface area is 146 Å². The van der Waals surface area contributed by atoms with Crippen LogP contribution < -0.4 is 0 Å². The van der Waals surface area contributed by atoms with Crippen LogP contribution in [0.1, 0.15) is 56.3 Å². The molecule has 2 heterocycles. The number of benzene rings is 1. The van der Waals surface area contributed by atoms with E-state index in [0.29, 0.717) is 12.5 Å². The number of fused-ring (bicyclic) bond motifs is 1. The van der Waals surface area contributed by atoms with E-state index in [2.05, 4.69) is 28.9 Å². The van der Waals surface area contributed by atoms with E-state index in [4.69, 9.17) is 14.7 Å². The van der Waals surface area contributed by atoms with Crippen LogP contribution in [0.15, 0.2) is 23.4 Å². The molecular weight excluding hydrogens is 318 g/mol. The highest BCUT2D eigenvalue weighted by atomic mass is 16.7. The zero-order valence-electron chi connectivity index (χ0n) is 14.9. The van der Waals surface area contributed by atoms with E-state index in [0.717, 1.165) is 22.5 Å². The Morgan fingerprint density at radius 2 is 2.12 bits per heavy atom. The first-order chi connectivity index (χ1) is 12.0. The van der Waals surface area contributed by atoms with Gasteiger partial charge in [-0.1, -0.05) is 30.1 Å². The minimum absolute atomic E-state index is 0.404. The van der Waals surface area contributed by atoms with E-state index >= 15 is 0 Å². The average Bonchev–Trinajstić information content (AvgIpc) is 3.34. The number of hydrogen-bond donors (Lipinski definition) is 0. The van der Waals surface area contributed by atoms with Crippen molar-refractivity contribution < 1.29 is 14.4 Å². The van der Waals surface area contributed by atoms with Gasteiger partial charge in [0.25, 0.3) is 0 Å². The van der Waals surface area contributed by atoms with Crippen molar-refractivity contribution in [2.24, 2.45) is 5.16 Å². The van der Waals surface area contributed by atoms with E-state index in [1.807, 2.05) is 6.07 Å². The van der Waals surface area contributed by atoms with Gasteiger partial charge in [-0.15, -0.1) is 0 Å². The fourth-order valence-corrected chi connectivity index (χ4v) is 3.92. The van der Waals surface area contributed by atoms with Crippen molar-refractivity contribution in [2.75, 3.05) is 7.11 Å². The molecule has 0 spiro atoms. The Morgan fingerprint density at radius 3 is 2.84 bits per heavy atom. The topological polar surface area (TPSA) is 65.7 Å². The van der Waals surface area contributed by atoms with Gasteiger partial charge in [0.2, 0.25) is 5.60 Å². The van der Waals surface area contributed by atoms with E-state index in [9.17, 15) is 4.79 Å². The van der Waals surface area contributed by atoms with Crippen molar-refractivity contribution in [3.8, 4) is 0 Å². The monoisotopic (exact) mass is 341 g/mol. The molecule has 6 nitrogen and oxygen atoms in total. The molecule has 2 aliphatic rings. The Bertz CT molecular complexity index is 864. The molecule has 0 N–H and O–H groups in total. The number of carbonyl (C=O) groups excluding carboxylic acids is 1. The second-order valence-electron chi connectivity index (χ2n) is 7.23. The molecule has 0 saturated heterocycles. The number of aryl methyl sites for hydroxylation is 1. The van der Waals surface area contributed by atoms with Gasteiger partial charge in [0.1, 0.15) is 0 Å². The number of carbonyl (C=O) groups is 1. The van der Waals surface area contributed by atoms with Gasteiger partial charge in [0, 0.05) is 17.4 Å². The standard InChI is InChI=1S/C19H23N3O3/c1-12-15-9-8-13(16-11-19(2,25-21-16)18(23)24-3)10-17(15)22(20-12)14-6-4-5-7-14/h8-10,14H,4-7,11H2,1-3H3. The first-order valence-corrected chi connectivity index (χ1v) is 8.84. The summed E-state index contributed by atoms with van der Waals surface area (Å²) in [5.74, 6) is -0.404. The highest BCUT2D eigenvalue weighted by Gasteiger charge is 2.43. The second kappa shape index (κ2) is 5.86. The lowest BCUT2D eigenvalue weighted by Crippen LogP contribution is -2.36. The molecule has 4 rings (SSSR count). The molecule has 0 bridgehead atoms. The highest BCUT2D eigenvalue weighted by molar-refractivity contribution is 6.06. The molecule has 1 saturated carbocycles. The quantitative estimate of drug-likeness (QED) is 0.801. The molecule has 6 heteroatoms. The molecule has 0 radical (unpaired) electrons. The van der Waals surface area contributed by atoms with Crippen LogP contribution in [0.2, 0.25) is 0 Å². The molecule has 1 aromatic heterocycles. The minimum atomic E-state index is -1.04. The molecule has 132 valence electrons. The second-order valence-corrected chi connectivity index (χ2v) is 7.23. The summed E-state index contributed by atoms with van der Waals surface area (Å²) in [6.07, 6.45) is 5.31. The third kappa shape index (κ3) is 2.60. The third-order valence-electron chi connectivity index (χ3n) is 5.38. The van der Waals surface area contributed by atoms with Crippen LogP contribution >= 0.6 is 0 Å². The van der Waals surface area contributed by atoms with Crippen molar-refractivity contribution in [1.29, 1.82) is 0 Å². The van der Waals surface area contributed by atoms with Crippen molar-refractivity contribution in [2.45, 2.75) is 57.6 Å². The largest absolute Gasteiger partial charge is 0.466 e. The summed E-state index contributed by atoms with van der Waals surface area (Å²) in [5, 5.41) is 10.1. The first-order valence-electron chi connectivity index (χ1n) is 8.84. The SMILES string of the molecule is COC(=O)C1(C)CC(c2ccc3c(C)nn(C4CCCC4)c3c2)=NO1. The number of methoxy groups -OCH3 is 1. The van der Waals surface area contributed by atoms with Gasteiger partial charge in [0.15, 0.2) is 0 Å². The molecule has 1 aromatic carbocycles. The Morgan fingerprint density at radius 1 is 1.36 bits per heavy atom. The summed E-state index contributed by atoms with van der Waals surface area (Å²) in [4.78, 5) is 17.3. The van der Waals surface area contributed by atoms with E-state index < -0.39 is 11.6 Å². The Kier molecular flexibility index (Phi) is 3.78. The molecule has 1 fully saturated rings. The fraction of sp³-hybridized carbons (Fsp3) is 0.526. The van der Waals surface area contributed by atoms with Crippen molar-refractivity contribution in [3.63, 3.8) is 0 Å². The lowest BCUT2D eigenvalue weighted by Gasteiger charge is -2.17. The maximum absolute atomic E-state index is 11.9. The molecule has 1 aliphatic carbocycles. The fourth-order valence-electron chi connectivity index (χ4n) is 3.92. The van der Waals surface area contributed by atoms with Crippen LogP contribution in [-0.2, 0) is 14.4 Å². The maximum atomic E-state index is 11.9. The number of rotatable bonds is 3. The van der Waals surface area contributed by atoms with E-state index in [1.54, 1.807) is 6.92 Å². The van der Waals surface area contributed by atoms with Crippen LogP contribution in [0.4, 0.5) is 0 Å². The van der Waals surface area contributed by atoms with Crippen LogP contribution in [-0.4, -0.2) is 34.2 Å². The Balaban J connectivity index is 1.70. The summed E-state index contributed by atoms with van der Waals surface area (Å²) in [6, 6.07) is 6.73. The van der Waals surface area contributed by atoms with Crippen molar-refractivity contribution >= 4 is 22.6 Å². The number of esters is 1. The van der Waals surface area contributed by atoms with Gasteiger partial charge in [0.05, 0.1) is 30.1 Å². The number of oxime groups is 1. The summed E-state index contributed by atoms with van der Waals surface area (Å²) in [6.45, 7) is 3.76. The van der Waals surface area contributed by atoms with Gasteiger partial charge >= 0.3 is 5.97 Å². The van der Waals surface area contributed by atoms with Gasteiger partial charge < -0.3 is 9.57 Å². The predicted octanol–water partition coefficient (Wildman–Crippen LogP) is 3.52. The van der Waals surface area contributed by atoms with Gasteiger partial charge in [-0.25, -0.2) is 4.79 Å². The predicted molar refractivity (Wildman–Crippen MR) is 94.6 cm³/mol. The summed E-state index contributed by atoms with van der Waals surface area (Å²) >= 11 is 0. The van der Waals surface area contributed by atoms with E-state index in [1.165, 1.54) is 38.2 Å². The van der Waals surface area contributed by atoms with E-state index in [-0.39, 0.29) is 0 Å². The maximum Gasteiger partial charge on any atom is 0.353 e. The zero-order valence-corrected chi connectivity index (χ0v) is 14.9. The van der Waals surface area contributed by atoms with Crippen molar-refractivity contribution in [1.82, 2.24) is 9.78 Å². The zero-order chi connectivity index (χ0) is 17.6. The highest BCUT2D eigenvalue weighted by Crippen LogP contribution is 2.34. The van der Waals surface area contributed by atoms with Gasteiger partial charge in [-0.05, 0) is 32.8 Å². The molecule has 25 heavy (non-hydrogen) atoms. The molecular formula is C19H23N3O3. The number of nitrogens with zero attached hydrogens (tertiary/aromatic N) is 3. The molecule has 1 unspecified atom stereocenters. The molecule has 1 atom stereocenters. The van der Waals surface area contributed by atoms with Gasteiger partial charge in [-0.2, -0.15) is 5.10 Å². The van der Waals surface area contributed by atoms with Crippen LogP contribution in [0.3, 0.4) is 0 Å². The lowest BCUT2D eigenvalue weighted by atomic mass is 9.95. The average molecular weight is 341 g/mol. The van der Waals surface area contributed by atoms with Crippen LogP contribution in [0.25, 0.3) is 10.9 Å². The van der Waals surface area contributed by atoms with Gasteiger partial charge in [-0.3, -0.25) is 4.68 Å². The Hall–Kier alpha value is -2.37. The third-order valence-corrected chi connectivity index (χ3v) is 5.38. The van der Waals surface area contributed by atoms with Crippen LogP contribution in [0.5, 0.6) is 0 Å². The summed E-state index contributed by atoms with van der Waals surface area (Å²) in [5.41, 5.74) is 2.89.